The summed E-state index contributed by atoms with van der Waals surface area (Å²) in [6.45, 7) is 6.55. The van der Waals surface area contributed by atoms with Gasteiger partial charge in [0.2, 0.25) is 0 Å². The Balaban J connectivity index is 2.95. The van der Waals surface area contributed by atoms with Crippen LogP contribution in [0.2, 0.25) is 0 Å². The molecule has 1 unspecified atom stereocenters. The van der Waals surface area contributed by atoms with Crippen LogP contribution < -0.4 is 5.32 Å². The summed E-state index contributed by atoms with van der Waals surface area (Å²) in [6.07, 6.45) is 1.79. The van der Waals surface area contributed by atoms with Crippen molar-refractivity contribution in [3.63, 3.8) is 0 Å². The lowest BCUT2D eigenvalue weighted by molar-refractivity contribution is 0.482. The zero-order chi connectivity index (χ0) is 12.1. The molecule has 1 aromatic carbocycles. The fourth-order valence-corrected chi connectivity index (χ4v) is 1.74. The number of halogens is 2. The molecule has 0 aliphatic rings. The first kappa shape index (κ1) is 13.1. The summed E-state index contributed by atoms with van der Waals surface area (Å²) < 4.78 is 26.7. The van der Waals surface area contributed by atoms with Crippen LogP contribution in [0.4, 0.5) is 8.78 Å². The molecule has 0 radical (unpaired) electrons. The van der Waals surface area contributed by atoms with E-state index in [0.29, 0.717) is 11.1 Å². The van der Waals surface area contributed by atoms with Crippen LogP contribution in [0.15, 0.2) is 12.1 Å². The van der Waals surface area contributed by atoms with Crippen LogP contribution in [0.1, 0.15) is 43.9 Å². The second-order valence-electron chi connectivity index (χ2n) is 4.04. The van der Waals surface area contributed by atoms with Crippen molar-refractivity contribution in [2.24, 2.45) is 0 Å². The average molecular weight is 227 g/mol. The first-order valence-corrected chi connectivity index (χ1v) is 5.79. The fraction of sp³-hybridized carbons (Fsp3) is 0.538. The number of hydrogen-bond donors (Lipinski definition) is 1. The van der Waals surface area contributed by atoms with E-state index >= 15 is 0 Å². The van der Waals surface area contributed by atoms with Gasteiger partial charge in [-0.2, -0.15) is 0 Å². The third-order valence-electron chi connectivity index (χ3n) is 2.70. The zero-order valence-corrected chi connectivity index (χ0v) is 10.1. The molecule has 0 heterocycles. The summed E-state index contributed by atoms with van der Waals surface area (Å²) >= 11 is 0. The van der Waals surface area contributed by atoms with Crippen LogP contribution in [-0.4, -0.2) is 6.54 Å². The smallest absolute Gasteiger partial charge is 0.130 e. The van der Waals surface area contributed by atoms with Crippen molar-refractivity contribution < 1.29 is 8.78 Å². The van der Waals surface area contributed by atoms with Crippen molar-refractivity contribution in [2.75, 3.05) is 6.54 Å². The van der Waals surface area contributed by atoms with Crippen LogP contribution in [-0.2, 0) is 0 Å². The monoisotopic (exact) mass is 227 g/mol. The van der Waals surface area contributed by atoms with Gasteiger partial charge in [-0.1, -0.05) is 13.8 Å². The molecule has 1 N–H and O–H groups in total. The van der Waals surface area contributed by atoms with E-state index in [1.807, 2.05) is 6.92 Å². The minimum absolute atomic E-state index is 0.0285. The number of benzene rings is 1. The normalized spacial score (nSPS) is 12.8. The lowest BCUT2D eigenvalue weighted by Gasteiger charge is -2.18. The molecule has 0 amide bonds. The highest BCUT2D eigenvalue weighted by Crippen LogP contribution is 2.23. The van der Waals surface area contributed by atoms with Crippen molar-refractivity contribution >= 4 is 0 Å². The molecule has 1 aromatic rings. The Morgan fingerprint density at radius 2 is 1.88 bits per heavy atom. The summed E-state index contributed by atoms with van der Waals surface area (Å²) in [5, 5.41) is 3.26. The van der Waals surface area contributed by atoms with Crippen molar-refractivity contribution in [1.29, 1.82) is 0 Å². The summed E-state index contributed by atoms with van der Waals surface area (Å²) in [4.78, 5) is 0. The molecular weight excluding hydrogens is 208 g/mol. The summed E-state index contributed by atoms with van der Waals surface area (Å²) in [7, 11) is 0. The third kappa shape index (κ3) is 3.01. The summed E-state index contributed by atoms with van der Waals surface area (Å²) in [5.74, 6) is -0.940. The zero-order valence-electron chi connectivity index (χ0n) is 10.1. The standard InChI is InChI=1S/C13H19F2N/c1-4-6-16-13(5-2)10-7-9(3)11(14)8-12(10)15/h7-8,13,16H,4-6H2,1-3H3. The van der Waals surface area contributed by atoms with E-state index < -0.39 is 11.6 Å². The van der Waals surface area contributed by atoms with Crippen molar-refractivity contribution in [2.45, 2.75) is 39.7 Å². The van der Waals surface area contributed by atoms with Gasteiger partial charge in [0.1, 0.15) is 11.6 Å². The van der Waals surface area contributed by atoms with Crippen molar-refractivity contribution in [1.82, 2.24) is 5.32 Å². The molecule has 0 spiro atoms. The maximum absolute atomic E-state index is 13.6. The maximum Gasteiger partial charge on any atom is 0.130 e. The predicted molar refractivity (Wildman–Crippen MR) is 62.4 cm³/mol. The highest BCUT2D eigenvalue weighted by Gasteiger charge is 2.15. The molecule has 0 bridgehead atoms. The molecule has 1 rings (SSSR count). The first-order chi connectivity index (χ1) is 7.60. The van der Waals surface area contributed by atoms with Crippen LogP contribution in [0.5, 0.6) is 0 Å². The molecule has 1 atom stereocenters. The van der Waals surface area contributed by atoms with Crippen LogP contribution in [0, 0.1) is 18.6 Å². The van der Waals surface area contributed by atoms with Gasteiger partial charge in [0.15, 0.2) is 0 Å². The first-order valence-electron chi connectivity index (χ1n) is 5.79. The van der Waals surface area contributed by atoms with Crippen molar-refractivity contribution in [3.05, 3.63) is 34.9 Å². The van der Waals surface area contributed by atoms with Gasteiger partial charge in [-0.3, -0.25) is 0 Å². The van der Waals surface area contributed by atoms with Gasteiger partial charge < -0.3 is 5.32 Å². The Morgan fingerprint density at radius 1 is 1.19 bits per heavy atom. The van der Waals surface area contributed by atoms with Crippen LogP contribution in [0.25, 0.3) is 0 Å². The maximum atomic E-state index is 13.6. The van der Waals surface area contributed by atoms with Gasteiger partial charge >= 0.3 is 0 Å². The highest BCUT2D eigenvalue weighted by molar-refractivity contribution is 5.28. The lowest BCUT2D eigenvalue weighted by atomic mass is 10.0. The van der Waals surface area contributed by atoms with E-state index in [1.54, 1.807) is 13.0 Å². The number of rotatable bonds is 5. The summed E-state index contributed by atoms with van der Waals surface area (Å²) in [6, 6.07) is 2.54. The average Bonchev–Trinajstić information content (AvgIpc) is 2.26. The Labute approximate surface area is 95.9 Å². The van der Waals surface area contributed by atoms with Crippen LogP contribution >= 0.6 is 0 Å². The van der Waals surface area contributed by atoms with Gasteiger partial charge in [0, 0.05) is 17.7 Å². The molecular formula is C13H19F2N. The second kappa shape index (κ2) is 5.94. The molecule has 1 nitrogen and oxygen atoms in total. The van der Waals surface area contributed by atoms with Crippen molar-refractivity contribution in [3.8, 4) is 0 Å². The Morgan fingerprint density at radius 3 is 2.44 bits per heavy atom. The van der Waals surface area contributed by atoms with E-state index in [-0.39, 0.29) is 6.04 Å². The minimum atomic E-state index is -0.480. The molecule has 0 aliphatic heterocycles. The van der Waals surface area contributed by atoms with Gasteiger partial charge in [0.25, 0.3) is 0 Å². The van der Waals surface area contributed by atoms with Crippen LogP contribution in [0.3, 0.4) is 0 Å². The highest BCUT2D eigenvalue weighted by atomic mass is 19.1. The minimum Gasteiger partial charge on any atom is -0.310 e. The molecule has 0 aromatic heterocycles. The fourth-order valence-electron chi connectivity index (χ4n) is 1.74. The SMILES string of the molecule is CCCNC(CC)c1cc(C)c(F)cc1F. The molecule has 0 fully saturated rings. The number of hydrogen-bond acceptors (Lipinski definition) is 1. The summed E-state index contributed by atoms with van der Waals surface area (Å²) in [5.41, 5.74) is 1.06. The largest absolute Gasteiger partial charge is 0.310 e. The van der Waals surface area contributed by atoms with Gasteiger partial charge in [-0.15, -0.1) is 0 Å². The van der Waals surface area contributed by atoms with Gasteiger partial charge in [-0.05, 0) is 37.9 Å². The quantitative estimate of drug-likeness (QED) is 0.808. The molecule has 0 aliphatic carbocycles. The van der Waals surface area contributed by atoms with Gasteiger partial charge in [0.05, 0.1) is 0 Å². The van der Waals surface area contributed by atoms with Gasteiger partial charge in [-0.25, -0.2) is 8.78 Å². The Hall–Kier alpha value is -0.960. The van der Waals surface area contributed by atoms with E-state index in [0.717, 1.165) is 25.5 Å². The lowest BCUT2D eigenvalue weighted by Crippen LogP contribution is -2.22. The topological polar surface area (TPSA) is 12.0 Å². The molecule has 0 saturated carbocycles. The molecule has 3 heteroatoms. The van der Waals surface area contributed by atoms with E-state index in [1.165, 1.54) is 0 Å². The van der Waals surface area contributed by atoms with E-state index in [4.69, 9.17) is 0 Å². The third-order valence-corrected chi connectivity index (χ3v) is 2.70. The Kier molecular flexibility index (Phi) is 4.87. The number of aryl methyl sites for hydroxylation is 1. The molecule has 16 heavy (non-hydrogen) atoms. The molecule has 90 valence electrons. The Bertz CT molecular complexity index is 350. The van der Waals surface area contributed by atoms with E-state index in [9.17, 15) is 8.78 Å². The molecule has 0 saturated heterocycles. The van der Waals surface area contributed by atoms with E-state index in [2.05, 4.69) is 12.2 Å². The second-order valence-corrected chi connectivity index (χ2v) is 4.04. The number of nitrogens with one attached hydrogen (secondary N) is 1. The predicted octanol–water partition coefficient (Wildman–Crippen LogP) is 3.72.